The molecule has 0 atom stereocenters. The van der Waals surface area contributed by atoms with Gasteiger partial charge in [-0.2, -0.15) is 0 Å². The van der Waals surface area contributed by atoms with E-state index >= 15 is 0 Å². The fourth-order valence-electron chi connectivity index (χ4n) is 1.56. The van der Waals surface area contributed by atoms with E-state index in [0.717, 1.165) is 0 Å². The molecule has 0 saturated carbocycles. The minimum absolute atomic E-state index is 0.205. The van der Waals surface area contributed by atoms with Gasteiger partial charge in [-0.15, -0.1) is 0 Å². The molecule has 0 spiro atoms. The molecule has 0 unspecified atom stereocenters. The van der Waals surface area contributed by atoms with Crippen molar-refractivity contribution in [1.29, 1.82) is 0 Å². The Bertz CT molecular complexity index is 415. The van der Waals surface area contributed by atoms with Crippen molar-refractivity contribution in [3.63, 3.8) is 0 Å². The van der Waals surface area contributed by atoms with Crippen molar-refractivity contribution in [1.82, 2.24) is 4.98 Å². The molecule has 1 amide bonds. The van der Waals surface area contributed by atoms with Gasteiger partial charge in [-0.25, -0.2) is 4.98 Å². The summed E-state index contributed by atoms with van der Waals surface area (Å²) in [5.41, 5.74) is -0.946. The maximum atomic E-state index is 12.1. The second-order valence-corrected chi connectivity index (χ2v) is 4.51. The third kappa shape index (κ3) is 3.27. The molecule has 0 aliphatic carbocycles. The van der Waals surface area contributed by atoms with Crippen molar-refractivity contribution in [2.24, 2.45) is 5.41 Å². The summed E-state index contributed by atoms with van der Waals surface area (Å²) in [4.78, 5) is 28.2. The van der Waals surface area contributed by atoms with Gasteiger partial charge >= 0.3 is 5.97 Å². The Balaban J connectivity index is 2.86. The Kier molecular flexibility index (Phi) is 3.83. The third-order valence-electron chi connectivity index (χ3n) is 2.47. The Labute approximate surface area is 100 Å². The van der Waals surface area contributed by atoms with Gasteiger partial charge in [-0.3, -0.25) is 14.5 Å². The molecule has 0 saturated heterocycles. The first-order chi connectivity index (χ1) is 7.84. The van der Waals surface area contributed by atoms with Crippen molar-refractivity contribution < 1.29 is 14.7 Å². The molecular weight excluding hydrogens is 220 g/mol. The standard InChI is InChI=1S/C12H16N2O3/c1-12(2,8-10(15)16)11(17)14(3)9-6-4-5-7-13-9/h4-7H,8H2,1-3H3,(H,15,16). The van der Waals surface area contributed by atoms with Crippen LogP contribution in [0.3, 0.4) is 0 Å². The molecule has 92 valence electrons. The van der Waals surface area contributed by atoms with Crippen LogP contribution in [0.4, 0.5) is 5.82 Å². The van der Waals surface area contributed by atoms with E-state index in [-0.39, 0.29) is 12.3 Å². The quantitative estimate of drug-likeness (QED) is 0.860. The number of pyridine rings is 1. The monoisotopic (exact) mass is 236 g/mol. The molecule has 0 fully saturated rings. The summed E-state index contributed by atoms with van der Waals surface area (Å²) in [7, 11) is 1.59. The molecule has 5 heteroatoms. The molecule has 5 nitrogen and oxygen atoms in total. The highest BCUT2D eigenvalue weighted by molar-refractivity contribution is 5.97. The second kappa shape index (κ2) is 4.95. The van der Waals surface area contributed by atoms with E-state index in [1.54, 1.807) is 45.3 Å². The van der Waals surface area contributed by atoms with Crippen molar-refractivity contribution in [3.8, 4) is 0 Å². The van der Waals surface area contributed by atoms with Gasteiger partial charge in [-0.05, 0) is 12.1 Å². The van der Waals surface area contributed by atoms with E-state index < -0.39 is 11.4 Å². The number of carboxylic acid groups (broad SMARTS) is 1. The number of anilines is 1. The lowest BCUT2D eigenvalue weighted by atomic mass is 9.88. The molecule has 1 aromatic rings. The fourth-order valence-corrected chi connectivity index (χ4v) is 1.56. The number of carbonyl (C=O) groups excluding carboxylic acids is 1. The Morgan fingerprint density at radius 1 is 1.41 bits per heavy atom. The van der Waals surface area contributed by atoms with Gasteiger partial charge in [0.05, 0.1) is 11.8 Å². The normalized spacial score (nSPS) is 11.0. The van der Waals surface area contributed by atoms with Crippen LogP contribution >= 0.6 is 0 Å². The van der Waals surface area contributed by atoms with Crippen LogP contribution in [0.15, 0.2) is 24.4 Å². The van der Waals surface area contributed by atoms with Crippen molar-refractivity contribution in [3.05, 3.63) is 24.4 Å². The number of hydrogen-bond donors (Lipinski definition) is 1. The first-order valence-electron chi connectivity index (χ1n) is 5.25. The summed E-state index contributed by atoms with van der Waals surface area (Å²) in [5, 5.41) is 8.76. The topological polar surface area (TPSA) is 70.5 Å². The molecular formula is C12H16N2O3. The maximum Gasteiger partial charge on any atom is 0.304 e. The maximum absolute atomic E-state index is 12.1. The molecule has 0 aliphatic heterocycles. The van der Waals surface area contributed by atoms with Crippen LogP contribution in [0.5, 0.6) is 0 Å². The van der Waals surface area contributed by atoms with Crippen LogP contribution in [0.2, 0.25) is 0 Å². The van der Waals surface area contributed by atoms with Gasteiger partial charge in [0.1, 0.15) is 5.82 Å². The molecule has 1 N–H and O–H groups in total. The lowest BCUT2D eigenvalue weighted by molar-refractivity contribution is -0.143. The minimum Gasteiger partial charge on any atom is -0.481 e. The van der Waals surface area contributed by atoms with Crippen LogP contribution in [-0.4, -0.2) is 29.0 Å². The van der Waals surface area contributed by atoms with Crippen molar-refractivity contribution >= 4 is 17.7 Å². The number of carboxylic acids is 1. The van der Waals surface area contributed by atoms with E-state index in [2.05, 4.69) is 4.98 Å². The second-order valence-electron chi connectivity index (χ2n) is 4.51. The van der Waals surface area contributed by atoms with Crippen molar-refractivity contribution in [2.75, 3.05) is 11.9 Å². The molecule has 17 heavy (non-hydrogen) atoms. The average molecular weight is 236 g/mol. The lowest BCUT2D eigenvalue weighted by Gasteiger charge is -2.27. The van der Waals surface area contributed by atoms with Crippen LogP contribution in [-0.2, 0) is 9.59 Å². The summed E-state index contributed by atoms with van der Waals surface area (Å²) in [6.45, 7) is 3.23. The molecule has 1 heterocycles. The molecule has 0 aromatic carbocycles. The predicted molar refractivity (Wildman–Crippen MR) is 63.7 cm³/mol. The van der Waals surface area contributed by atoms with Crippen LogP contribution in [0.25, 0.3) is 0 Å². The highest BCUT2D eigenvalue weighted by Gasteiger charge is 2.33. The highest BCUT2D eigenvalue weighted by atomic mass is 16.4. The van der Waals surface area contributed by atoms with Crippen LogP contribution in [0.1, 0.15) is 20.3 Å². The van der Waals surface area contributed by atoms with Gasteiger partial charge in [0.25, 0.3) is 0 Å². The van der Waals surface area contributed by atoms with E-state index in [1.807, 2.05) is 0 Å². The first-order valence-corrected chi connectivity index (χ1v) is 5.25. The number of amides is 1. The van der Waals surface area contributed by atoms with E-state index in [4.69, 9.17) is 5.11 Å². The smallest absolute Gasteiger partial charge is 0.304 e. The zero-order valence-electron chi connectivity index (χ0n) is 10.2. The molecule has 1 rings (SSSR count). The summed E-state index contributed by atoms with van der Waals surface area (Å²) in [6.07, 6.45) is 1.38. The summed E-state index contributed by atoms with van der Waals surface area (Å²) >= 11 is 0. The van der Waals surface area contributed by atoms with Gasteiger partial charge in [0.15, 0.2) is 0 Å². The molecule has 0 aliphatic rings. The van der Waals surface area contributed by atoms with Crippen LogP contribution in [0, 0.1) is 5.41 Å². The van der Waals surface area contributed by atoms with E-state index in [0.29, 0.717) is 5.82 Å². The Morgan fingerprint density at radius 3 is 2.53 bits per heavy atom. The third-order valence-corrected chi connectivity index (χ3v) is 2.47. The van der Waals surface area contributed by atoms with Gasteiger partial charge in [-0.1, -0.05) is 19.9 Å². The Hall–Kier alpha value is -1.91. The zero-order valence-corrected chi connectivity index (χ0v) is 10.2. The van der Waals surface area contributed by atoms with Crippen LogP contribution < -0.4 is 4.90 Å². The molecule has 1 aromatic heterocycles. The van der Waals surface area contributed by atoms with Gasteiger partial charge in [0.2, 0.25) is 5.91 Å². The first kappa shape index (κ1) is 13.2. The van der Waals surface area contributed by atoms with Gasteiger partial charge in [0, 0.05) is 13.2 Å². The highest BCUT2D eigenvalue weighted by Crippen LogP contribution is 2.25. The molecule has 0 bridgehead atoms. The zero-order chi connectivity index (χ0) is 13.1. The number of carbonyl (C=O) groups is 2. The predicted octanol–water partition coefficient (Wildman–Crippen LogP) is 1.55. The summed E-state index contributed by atoms with van der Waals surface area (Å²) in [6, 6.07) is 5.23. The number of rotatable bonds is 4. The average Bonchev–Trinajstić information content (AvgIpc) is 2.26. The number of hydrogen-bond acceptors (Lipinski definition) is 3. The fraction of sp³-hybridized carbons (Fsp3) is 0.417. The summed E-state index contributed by atoms with van der Waals surface area (Å²) in [5.74, 6) is -0.743. The largest absolute Gasteiger partial charge is 0.481 e. The summed E-state index contributed by atoms with van der Waals surface area (Å²) < 4.78 is 0. The van der Waals surface area contributed by atoms with Crippen molar-refractivity contribution in [2.45, 2.75) is 20.3 Å². The number of aromatic nitrogens is 1. The SMILES string of the molecule is CN(C(=O)C(C)(C)CC(=O)O)c1ccccn1. The number of nitrogens with zero attached hydrogens (tertiary/aromatic N) is 2. The number of aliphatic carboxylic acids is 1. The van der Waals surface area contributed by atoms with E-state index in [9.17, 15) is 9.59 Å². The Morgan fingerprint density at radius 2 is 2.06 bits per heavy atom. The molecule has 0 radical (unpaired) electrons. The minimum atomic E-state index is -0.988. The van der Waals surface area contributed by atoms with E-state index in [1.165, 1.54) is 4.90 Å². The lowest BCUT2D eigenvalue weighted by Crippen LogP contribution is -2.40. The van der Waals surface area contributed by atoms with Gasteiger partial charge < -0.3 is 5.11 Å².